The number of carbonyl (C=O) groups excluding carboxylic acids is 1. The number of fused-ring (bicyclic) bond motifs is 1. The third-order valence-electron chi connectivity index (χ3n) is 6.18. The second kappa shape index (κ2) is 10.6. The highest BCUT2D eigenvalue weighted by molar-refractivity contribution is 5.72. The number of carbonyl (C=O) groups is 1. The van der Waals surface area contributed by atoms with Crippen LogP contribution in [0.5, 0.6) is 0 Å². The van der Waals surface area contributed by atoms with Crippen molar-refractivity contribution in [1.82, 2.24) is 0 Å². The molecule has 3 fully saturated rings. The summed E-state index contributed by atoms with van der Waals surface area (Å²) in [4.78, 5) is 12.0. The van der Waals surface area contributed by atoms with Crippen LogP contribution in [0.3, 0.4) is 0 Å². The molecule has 0 radical (unpaired) electrons. The lowest BCUT2D eigenvalue weighted by molar-refractivity contribution is -0.149. The molecule has 3 unspecified atom stereocenters. The molecule has 0 aromatic heterocycles. The summed E-state index contributed by atoms with van der Waals surface area (Å²) in [7, 11) is 0. The average molecular weight is 369 g/mol. The minimum absolute atomic E-state index is 0.0115. The molecule has 0 spiro atoms. The number of rotatable bonds is 11. The molecule has 5 nitrogen and oxygen atoms in total. The van der Waals surface area contributed by atoms with Gasteiger partial charge < -0.3 is 19.3 Å². The standard InChI is InChI=1S/C21H36O5/c22-18-9-6-16(7-10-18)15-24-12-4-2-1-3-5-13-25-21(23)17-8-11-19-20(14-17)26-19/h16-20,22H,1-15H2. The van der Waals surface area contributed by atoms with Gasteiger partial charge in [0.1, 0.15) is 0 Å². The van der Waals surface area contributed by atoms with Crippen LogP contribution in [0.1, 0.15) is 77.0 Å². The minimum atomic E-state index is -0.0761. The quantitative estimate of drug-likeness (QED) is 0.343. The Morgan fingerprint density at radius 3 is 2.38 bits per heavy atom. The van der Waals surface area contributed by atoms with Gasteiger partial charge in [-0.2, -0.15) is 0 Å². The molecule has 0 aromatic rings. The van der Waals surface area contributed by atoms with E-state index < -0.39 is 0 Å². The molecule has 1 N–H and O–H groups in total. The summed E-state index contributed by atoms with van der Waals surface area (Å²) in [6.45, 7) is 2.27. The summed E-state index contributed by atoms with van der Waals surface area (Å²) >= 11 is 0. The SMILES string of the molecule is O=C(OCCCCCCCOCC1CCC(O)CC1)C1CCC2OC2C1. The first-order valence-electron chi connectivity index (χ1n) is 10.8. The first kappa shape index (κ1) is 20.1. The highest BCUT2D eigenvalue weighted by Gasteiger charge is 2.46. The van der Waals surface area contributed by atoms with Gasteiger partial charge in [0.15, 0.2) is 0 Å². The first-order chi connectivity index (χ1) is 12.7. The summed E-state index contributed by atoms with van der Waals surface area (Å²) in [6, 6.07) is 0. The van der Waals surface area contributed by atoms with E-state index in [1.807, 2.05) is 0 Å². The predicted molar refractivity (Wildman–Crippen MR) is 98.8 cm³/mol. The van der Waals surface area contributed by atoms with E-state index in [2.05, 4.69) is 0 Å². The molecule has 0 amide bonds. The summed E-state index contributed by atoms with van der Waals surface area (Å²) in [5.41, 5.74) is 0. The number of unbranched alkanes of at least 4 members (excludes halogenated alkanes) is 4. The fourth-order valence-electron chi connectivity index (χ4n) is 4.31. The van der Waals surface area contributed by atoms with Crippen molar-refractivity contribution in [2.75, 3.05) is 19.8 Å². The van der Waals surface area contributed by atoms with Crippen molar-refractivity contribution >= 4 is 5.97 Å². The maximum absolute atomic E-state index is 12.0. The van der Waals surface area contributed by atoms with E-state index >= 15 is 0 Å². The molecule has 2 aliphatic carbocycles. The lowest BCUT2D eigenvalue weighted by Crippen LogP contribution is -2.24. The van der Waals surface area contributed by atoms with Gasteiger partial charge in [-0.25, -0.2) is 0 Å². The number of aliphatic hydroxyl groups is 1. The van der Waals surface area contributed by atoms with Crippen LogP contribution >= 0.6 is 0 Å². The van der Waals surface area contributed by atoms with Crippen LogP contribution < -0.4 is 0 Å². The third-order valence-corrected chi connectivity index (χ3v) is 6.18. The molecule has 1 aliphatic heterocycles. The maximum Gasteiger partial charge on any atom is 0.309 e. The van der Waals surface area contributed by atoms with Gasteiger partial charge in [0, 0.05) is 13.2 Å². The van der Waals surface area contributed by atoms with E-state index in [4.69, 9.17) is 14.2 Å². The van der Waals surface area contributed by atoms with Crippen molar-refractivity contribution in [2.24, 2.45) is 11.8 Å². The molecule has 1 heterocycles. The molecule has 0 bridgehead atoms. The normalized spacial score (nSPS) is 33.5. The largest absolute Gasteiger partial charge is 0.465 e. The van der Waals surface area contributed by atoms with Gasteiger partial charge in [0.2, 0.25) is 0 Å². The molecule has 0 aromatic carbocycles. The number of aliphatic hydroxyl groups excluding tert-OH is 1. The lowest BCUT2D eigenvalue weighted by atomic mass is 9.88. The number of esters is 1. The van der Waals surface area contributed by atoms with Crippen LogP contribution in [0.25, 0.3) is 0 Å². The Kier molecular flexibility index (Phi) is 8.21. The van der Waals surface area contributed by atoms with Crippen molar-refractivity contribution in [3.8, 4) is 0 Å². The van der Waals surface area contributed by atoms with Gasteiger partial charge in [0.05, 0.1) is 30.8 Å². The van der Waals surface area contributed by atoms with Crippen LogP contribution in [0.4, 0.5) is 0 Å². The monoisotopic (exact) mass is 368 g/mol. The van der Waals surface area contributed by atoms with Gasteiger partial charge >= 0.3 is 5.97 Å². The van der Waals surface area contributed by atoms with E-state index in [-0.39, 0.29) is 18.0 Å². The zero-order chi connectivity index (χ0) is 18.2. The van der Waals surface area contributed by atoms with Crippen molar-refractivity contribution in [3.63, 3.8) is 0 Å². The Hall–Kier alpha value is -0.650. The number of ether oxygens (including phenoxy) is 3. The second-order valence-electron chi connectivity index (χ2n) is 8.41. The van der Waals surface area contributed by atoms with Crippen molar-refractivity contribution in [1.29, 1.82) is 0 Å². The second-order valence-corrected chi connectivity index (χ2v) is 8.41. The van der Waals surface area contributed by atoms with Gasteiger partial charge in [0.25, 0.3) is 0 Å². The fraction of sp³-hybridized carbons (Fsp3) is 0.952. The van der Waals surface area contributed by atoms with Crippen LogP contribution in [-0.2, 0) is 19.0 Å². The summed E-state index contributed by atoms with van der Waals surface area (Å²) < 4.78 is 16.7. The smallest absolute Gasteiger partial charge is 0.309 e. The average Bonchev–Trinajstić information content (AvgIpc) is 3.43. The van der Waals surface area contributed by atoms with E-state index in [9.17, 15) is 9.90 Å². The van der Waals surface area contributed by atoms with Crippen molar-refractivity contribution in [2.45, 2.75) is 95.4 Å². The Morgan fingerprint density at radius 2 is 1.62 bits per heavy atom. The molecule has 1 saturated heterocycles. The summed E-state index contributed by atoms with van der Waals surface area (Å²) in [6.07, 6.45) is 13.2. The Balaban J connectivity index is 1.07. The molecule has 5 heteroatoms. The van der Waals surface area contributed by atoms with Crippen LogP contribution in [-0.4, -0.2) is 49.2 Å². The van der Waals surface area contributed by atoms with Gasteiger partial charge in [-0.1, -0.05) is 19.3 Å². The minimum Gasteiger partial charge on any atom is -0.465 e. The van der Waals surface area contributed by atoms with E-state index in [1.54, 1.807) is 0 Å². The Morgan fingerprint density at radius 1 is 0.885 bits per heavy atom. The summed E-state index contributed by atoms with van der Waals surface area (Å²) in [5, 5.41) is 9.49. The highest BCUT2D eigenvalue weighted by Crippen LogP contribution is 2.39. The van der Waals surface area contributed by atoms with Crippen LogP contribution in [0.2, 0.25) is 0 Å². The number of epoxide rings is 1. The molecule has 3 rings (SSSR count). The van der Waals surface area contributed by atoms with Gasteiger partial charge in [-0.15, -0.1) is 0 Å². The Labute approximate surface area is 157 Å². The maximum atomic E-state index is 12.0. The number of hydrogen-bond acceptors (Lipinski definition) is 5. The zero-order valence-electron chi connectivity index (χ0n) is 16.1. The molecular weight excluding hydrogens is 332 g/mol. The predicted octanol–water partition coefficient (Wildman–Crippen LogP) is 3.62. The van der Waals surface area contributed by atoms with Gasteiger partial charge in [-0.05, 0) is 63.7 Å². The van der Waals surface area contributed by atoms with Crippen LogP contribution in [0.15, 0.2) is 0 Å². The number of hydrogen-bond donors (Lipinski definition) is 1. The fourth-order valence-corrected chi connectivity index (χ4v) is 4.31. The zero-order valence-corrected chi connectivity index (χ0v) is 16.1. The Bertz CT molecular complexity index is 419. The van der Waals surface area contributed by atoms with E-state index in [0.717, 1.165) is 77.4 Å². The topological polar surface area (TPSA) is 68.3 Å². The van der Waals surface area contributed by atoms with Crippen LogP contribution in [0, 0.1) is 11.8 Å². The molecule has 150 valence electrons. The summed E-state index contributed by atoms with van der Waals surface area (Å²) in [5.74, 6) is 0.709. The molecule has 3 aliphatic rings. The lowest BCUT2D eigenvalue weighted by Gasteiger charge is -2.25. The molecular formula is C21H36O5. The molecule has 3 atom stereocenters. The highest BCUT2D eigenvalue weighted by atomic mass is 16.6. The van der Waals surface area contributed by atoms with E-state index in [0.29, 0.717) is 24.7 Å². The van der Waals surface area contributed by atoms with Crippen molar-refractivity contribution < 1.29 is 24.1 Å². The molecule has 26 heavy (non-hydrogen) atoms. The van der Waals surface area contributed by atoms with Gasteiger partial charge in [-0.3, -0.25) is 4.79 Å². The van der Waals surface area contributed by atoms with E-state index in [1.165, 1.54) is 12.8 Å². The molecule has 2 saturated carbocycles. The first-order valence-corrected chi connectivity index (χ1v) is 10.8. The van der Waals surface area contributed by atoms with Crippen molar-refractivity contribution in [3.05, 3.63) is 0 Å². The third kappa shape index (κ3) is 6.82.